The van der Waals surface area contributed by atoms with Gasteiger partial charge in [0.25, 0.3) is 6.47 Å². The number of allylic oxidation sites excluding steroid dienone is 2. The van der Waals surface area contributed by atoms with Crippen LogP contribution in [0.1, 0.15) is 12.8 Å². The van der Waals surface area contributed by atoms with Gasteiger partial charge in [0.15, 0.2) is 0 Å². The molecule has 0 aromatic heterocycles. The number of alkyl halides is 1. The Balaban J connectivity index is 2.67. The lowest BCUT2D eigenvalue weighted by molar-refractivity contribution is -0.135. The quantitative estimate of drug-likeness (QED) is 0.407. The smallest absolute Gasteiger partial charge is 0.293 e. The Kier molecular flexibility index (Phi) is 4.48. The Bertz CT molecular complexity index is 259. The molecule has 1 aliphatic carbocycles. The maximum atomic E-state index is 10.2. The first-order valence-electron chi connectivity index (χ1n) is 4.53. The van der Waals surface area contributed by atoms with E-state index in [4.69, 9.17) is 21.6 Å². The van der Waals surface area contributed by atoms with Crippen LogP contribution in [-0.2, 0) is 9.53 Å². The van der Waals surface area contributed by atoms with Crippen LogP contribution in [0, 0.1) is 23.2 Å². The van der Waals surface area contributed by atoms with Crippen LogP contribution in [0.5, 0.6) is 0 Å². The van der Waals surface area contributed by atoms with Crippen LogP contribution < -0.4 is 0 Å². The number of nitriles is 1. The van der Waals surface area contributed by atoms with Crippen LogP contribution in [0.3, 0.4) is 0 Å². The third-order valence-corrected chi connectivity index (χ3v) is 2.81. The minimum Gasteiger partial charge on any atom is -0.463 e. The van der Waals surface area contributed by atoms with Gasteiger partial charge >= 0.3 is 0 Å². The van der Waals surface area contributed by atoms with Crippen LogP contribution in [0.15, 0.2) is 12.2 Å². The zero-order chi connectivity index (χ0) is 10.4. The predicted octanol–water partition coefficient (Wildman–Crippen LogP) is 1.87. The maximum Gasteiger partial charge on any atom is 0.293 e. The molecule has 4 heteroatoms. The molecule has 0 radical (unpaired) electrons. The number of nitrogens with zero attached hydrogens (tertiary/aromatic N) is 1. The second kappa shape index (κ2) is 5.66. The van der Waals surface area contributed by atoms with Gasteiger partial charge in [-0.25, -0.2) is 0 Å². The molecule has 3 atom stereocenters. The van der Waals surface area contributed by atoms with Crippen LogP contribution in [-0.4, -0.2) is 18.5 Å². The van der Waals surface area contributed by atoms with E-state index < -0.39 is 0 Å². The molecule has 0 aliphatic heterocycles. The van der Waals surface area contributed by atoms with Crippen molar-refractivity contribution in [2.45, 2.75) is 18.9 Å². The van der Waals surface area contributed by atoms with E-state index >= 15 is 0 Å². The summed E-state index contributed by atoms with van der Waals surface area (Å²) in [5, 5.41) is 8.90. The summed E-state index contributed by atoms with van der Waals surface area (Å²) < 4.78 is 4.87. The van der Waals surface area contributed by atoms with E-state index in [1.165, 1.54) is 0 Å². The van der Waals surface area contributed by atoms with Gasteiger partial charge in [0, 0.05) is 5.92 Å². The molecule has 14 heavy (non-hydrogen) atoms. The van der Waals surface area contributed by atoms with Crippen molar-refractivity contribution < 1.29 is 9.53 Å². The summed E-state index contributed by atoms with van der Waals surface area (Å²) in [6, 6.07) is 2.22. The van der Waals surface area contributed by atoms with Gasteiger partial charge in [0.05, 0.1) is 17.9 Å². The van der Waals surface area contributed by atoms with Gasteiger partial charge in [0.2, 0.25) is 0 Å². The average molecular weight is 214 g/mol. The van der Waals surface area contributed by atoms with Crippen LogP contribution in [0.2, 0.25) is 0 Å². The fraction of sp³-hybridized carbons (Fsp3) is 0.600. The zero-order valence-electron chi connectivity index (χ0n) is 7.73. The van der Waals surface area contributed by atoms with Crippen molar-refractivity contribution in [1.82, 2.24) is 0 Å². The summed E-state index contributed by atoms with van der Waals surface area (Å²) in [5.41, 5.74) is 0. The van der Waals surface area contributed by atoms with Crippen molar-refractivity contribution in [3.05, 3.63) is 12.2 Å². The molecule has 0 fully saturated rings. The molecule has 1 rings (SSSR count). The SMILES string of the molecule is N#C[C@@H]1CC=CC[C@@H]1[C@@H](CCl)OC=O. The molecule has 0 heterocycles. The summed E-state index contributed by atoms with van der Waals surface area (Å²) in [6.45, 7) is 0.403. The van der Waals surface area contributed by atoms with E-state index in [1.54, 1.807) is 0 Å². The number of hydrogen-bond donors (Lipinski definition) is 0. The first-order chi connectivity index (χ1) is 6.83. The third kappa shape index (κ3) is 2.49. The molecule has 3 nitrogen and oxygen atoms in total. The van der Waals surface area contributed by atoms with Crippen molar-refractivity contribution in [2.24, 2.45) is 11.8 Å². The number of ether oxygens (including phenoxy) is 1. The molecule has 0 saturated heterocycles. The molecule has 0 aromatic carbocycles. The van der Waals surface area contributed by atoms with Crippen LogP contribution >= 0.6 is 11.6 Å². The normalized spacial score (nSPS) is 27.7. The zero-order valence-corrected chi connectivity index (χ0v) is 8.48. The number of carbonyl (C=O) groups is 1. The molecular formula is C10H12ClNO2. The Hall–Kier alpha value is -1.01. The molecule has 76 valence electrons. The second-order valence-corrected chi connectivity index (χ2v) is 3.58. The monoisotopic (exact) mass is 213 g/mol. The molecule has 0 amide bonds. The fourth-order valence-corrected chi connectivity index (χ4v) is 2.02. The standard InChI is InChI=1S/C10H12ClNO2/c11-5-10(14-7-13)9-4-2-1-3-8(9)6-12/h1-2,7-10H,3-5H2/t8-,9-,10+/m0/s1. The summed E-state index contributed by atoms with van der Waals surface area (Å²) >= 11 is 5.68. The second-order valence-electron chi connectivity index (χ2n) is 3.27. The molecule has 0 spiro atoms. The van der Waals surface area contributed by atoms with E-state index in [0.29, 0.717) is 6.47 Å². The topological polar surface area (TPSA) is 50.1 Å². The van der Waals surface area contributed by atoms with E-state index in [-0.39, 0.29) is 23.8 Å². The van der Waals surface area contributed by atoms with Crippen LogP contribution in [0.4, 0.5) is 0 Å². The molecule has 0 aromatic rings. The fourth-order valence-electron chi connectivity index (χ4n) is 1.72. The first-order valence-corrected chi connectivity index (χ1v) is 5.06. The average Bonchev–Trinajstić information content (AvgIpc) is 2.26. The van der Waals surface area contributed by atoms with Gasteiger partial charge in [-0.15, -0.1) is 11.6 Å². The van der Waals surface area contributed by atoms with Crippen molar-refractivity contribution in [3.63, 3.8) is 0 Å². The predicted molar refractivity (Wildman–Crippen MR) is 52.6 cm³/mol. The molecule has 0 unspecified atom stereocenters. The molecule has 0 bridgehead atoms. The van der Waals surface area contributed by atoms with Gasteiger partial charge < -0.3 is 4.74 Å². The number of hydrogen-bond acceptors (Lipinski definition) is 3. The van der Waals surface area contributed by atoms with E-state index in [0.717, 1.165) is 12.8 Å². The van der Waals surface area contributed by atoms with Crippen molar-refractivity contribution in [2.75, 3.05) is 5.88 Å². The first kappa shape index (κ1) is 11.1. The molecule has 1 aliphatic rings. The minimum absolute atomic E-state index is 0.0349. The van der Waals surface area contributed by atoms with E-state index in [9.17, 15) is 4.79 Å². The van der Waals surface area contributed by atoms with Crippen LogP contribution in [0.25, 0.3) is 0 Å². The third-order valence-electron chi connectivity index (χ3n) is 2.51. The Morgan fingerprint density at radius 3 is 2.93 bits per heavy atom. The summed E-state index contributed by atoms with van der Waals surface area (Å²) in [4.78, 5) is 10.2. The van der Waals surface area contributed by atoms with E-state index in [1.807, 2.05) is 12.2 Å². The maximum absolute atomic E-state index is 10.2. The minimum atomic E-state index is -0.344. The Morgan fingerprint density at radius 2 is 2.36 bits per heavy atom. The Morgan fingerprint density at radius 1 is 1.64 bits per heavy atom. The van der Waals surface area contributed by atoms with Gasteiger partial charge in [0.1, 0.15) is 6.10 Å². The van der Waals surface area contributed by atoms with Crippen molar-refractivity contribution in [3.8, 4) is 6.07 Å². The largest absolute Gasteiger partial charge is 0.463 e. The summed E-state index contributed by atoms with van der Waals surface area (Å²) in [7, 11) is 0. The summed E-state index contributed by atoms with van der Waals surface area (Å²) in [6.07, 6.45) is 5.12. The highest BCUT2D eigenvalue weighted by molar-refractivity contribution is 6.18. The highest BCUT2D eigenvalue weighted by Gasteiger charge is 2.30. The Labute approximate surface area is 88.3 Å². The van der Waals surface area contributed by atoms with E-state index in [2.05, 4.69) is 6.07 Å². The number of carbonyl (C=O) groups excluding carboxylic acids is 1. The highest BCUT2D eigenvalue weighted by Crippen LogP contribution is 2.29. The summed E-state index contributed by atoms with van der Waals surface area (Å²) in [5.74, 6) is 0.187. The van der Waals surface area contributed by atoms with Gasteiger partial charge in [-0.1, -0.05) is 12.2 Å². The molecule has 0 N–H and O–H groups in total. The van der Waals surface area contributed by atoms with Gasteiger partial charge in [-0.2, -0.15) is 5.26 Å². The molecule has 0 saturated carbocycles. The number of halogens is 1. The van der Waals surface area contributed by atoms with Crippen molar-refractivity contribution >= 4 is 18.1 Å². The van der Waals surface area contributed by atoms with Gasteiger partial charge in [-0.3, -0.25) is 4.79 Å². The lowest BCUT2D eigenvalue weighted by Crippen LogP contribution is -2.32. The highest BCUT2D eigenvalue weighted by atomic mass is 35.5. The lowest BCUT2D eigenvalue weighted by Gasteiger charge is -2.28. The van der Waals surface area contributed by atoms with Crippen molar-refractivity contribution in [1.29, 1.82) is 5.26 Å². The number of rotatable bonds is 4. The molecular weight excluding hydrogens is 202 g/mol. The lowest BCUT2D eigenvalue weighted by atomic mass is 9.81. The van der Waals surface area contributed by atoms with Gasteiger partial charge in [-0.05, 0) is 12.8 Å².